The van der Waals surface area contributed by atoms with E-state index in [1.807, 2.05) is 11.8 Å². The molecule has 2 aliphatic heterocycles. The zero-order valence-electron chi connectivity index (χ0n) is 16.2. The van der Waals surface area contributed by atoms with Gasteiger partial charge in [0.25, 0.3) is 5.91 Å². The van der Waals surface area contributed by atoms with Crippen molar-refractivity contribution < 1.29 is 9.53 Å². The summed E-state index contributed by atoms with van der Waals surface area (Å²) >= 11 is 0. The highest BCUT2D eigenvalue weighted by Crippen LogP contribution is 2.24. The average Bonchev–Trinajstić information content (AvgIpc) is 2.69. The number of carbonyl (C=O) groups is 1. The lowest BCUT2D eigenvalue weighted by Crippen LogP contribution is -2.44. The molecule has 1 aromatic rings. The molecule has 1 atom stereocenters. The normalized spacial score (nSPS) is 21.1. The van der Waals surface area contributed by atoms with E-state index in [2.05, 4.69) is 14.9 Å². The lowest BCUT2D eigenvalue weighted by atomic mass is 9.97. The fourth-order valence-electron chi connectivity index (χ4n) is 4.10. The second-order valence-electron chi connectivity index (χ2n) is 7.50. The van der Waals surface area contributed by atoms with Gasteiger partial charge in [0.05, 0.1) is 11.3 Å². The van der Waals surface area contributed by atoms with Gasteiger partial charge < -0.3 is 14.5 Å². The van der Waals surface area contributed by atoms with Crippen LogP contribution in [0.15, 0.2) is 6.20 Å². The van der Waals surface area contributed by atoms with E-state index in [-0.39, 0.29) is 5.91 Å². The summed E-state index contributed by atoms with van der Waals surface area (Å²) in [5.74, 6) is 0.865. The number of carbonyl (C=O) groups excluding carboxylic acids is 1. The van der Waals surface area contributed by atoms with Gasteiger partial charge in [-0.05, 0) is 58.3 Å². The van der Waals surface area contributed by atoms with E-state index < -0.39 is 0 Å². The number of methoxy groups -OCH3 is 1. The molecular weight excluding hydrogens is 328 g/mol. The Kier molecular flexibility index (Phi) is 6.83. The third-order valence-electron chi connectivity index (χ3n) is 5.61. The van der Waals surface area contributed by atoms with Crippen LogP contribution in [-0.2, 0) is 4.74 Å². The van der Waals surface area contributed by atoms with Crippen LogP contribution in [0, 0.1) is 6.92 Å². The van der Waals surface area contributed by atoms with Crippen molar-refractivity contribution >= 4 is 11.9 Å². The monoisotopic (exact) mass is 360 g/mol. The number of rotatable bonds is 6. The predicted molar refractivity (Wildman–Crippen MR) is 103 cm³/mol. The van der Waals surface area contributed by atoms with Gasteiger partial charge in [-0.1, -0.05) is 0 Å². The van der Waals surface area contributed by atoms with Gasteiger partial charge in [-0.25, -0.2) is 9.97 Å². The Bertz CT molecular complexity index is 601. The molecule has 3 heterocycles. The van der Waals surface area contributed by atoms with E-state index in [9.17, 15) is 4.79 Å². The minimum atomic E-state index is 0.0924. The summed E-state index contributed by atoms with van der Waals surface area (Å²) in [6.07, 6.45) is 10.8. The van der Waals surface area contributed by atoms with Crippen LogP contribution >= 0.6 is 0 Å². The summed E-state index contributed by atoms with van der Waals surface area (Å²) in [6, 6.07) is 0.313. The highest BCUT2D eigenvalue weighted by atomic mass is 16.5. The zero-order valence-corrected chi connectivity index (χ0v) is 16.2. The van der Waals surface area contributed by atoms with Gasteiger partial charge in [-0.3, -0.25) is 4.79 Å². The van der Waals surface area contributed by atoms with Gasteiger partial charge in [0.2, 0.25) is 5.95 Å². The molecule has 6 nitrogen and oxygen atoms in total. The van der Waals surface area contributed by atoms with Crippen molar-refractivity contribution in [1.82, 2.24) is 14.9 Å². The summed E-state index contributed by atoms with van der Waals surface area (Å²) in [5.41, 5.74) is 1.45. The van der Waals surface area contributed by atoms with Crippen molar-refractivity contribution in [3.05, 3.63) is 17.5 Å². The summed E-state index contributed by atoms with van der Waals surface area (Å²) in [5, 5.41) is 0. The van der Waals surface area contributed by atoms with E-state index in [1.165, 1.54) is 25.7 Å². The number of piperidine rings is 2. The molecule has 2 saturated heterocycles. The molecule has 0 bridgehead atoms. The lowest BCUT2D eigenvalue weighted by molar-refractivity contribution is 0.0583. The van der Waals surface area contributed by atoms with Crippen LogP contribution in [-0.4, -0.2) is 60.2 Å². The first-order valence-corrected chi connectivity index (χ1v) is 10.1. The number of aromatic nitrogens is 2. The molecule has 144 valence electrons. The fourth-order valence-corrected chi connectivity index (χ4v) is 4.10. The Morgan fingerprint density at radius 3 is 2.69 bits per heavy atom. The maximum Gasteiger partial charge on any atom is 0.257 e. The summed E-state index contributed by atoms with van der Waals surface area (Å²) in [7, 11) is 1.73. The van der Waals surface area contributed by atoms with Gasteiger partial charge >= 0.3 is 0 Å². The van der Waals surface area contributed by atoms with Gasteiger partial charge in [0.1, 0.15) is 0 Å². The Hall–Kier alpha value is -1.69. The van der Waals surface area contributed by atoms with Gasteiger partial charge in [-0.2, -0.15) is 0 Å². The molecule has 0 aromatic carbocycles. The van der Waals surface area contributed by atoms with Gasteiger partial charge in [0, 0.05) is 45.6 Å². The molecule has 2 aliphatic rings. The van der Waals surface area contributed by atoms with Crippen molar-refractivity contribution in [2.75, 3.05) is 38.3 Å². The third-order valence-corrected chi connectivity index (χ3v) is 5.61. The average molecular weight is 361 g/mol. The zero-order chi connectivity index (χ0) is 18.4. The standard InChI is InChI=1S/C20H32N4O2/c1-16-18(15-21-20(22-16)23-11-5-3-6-12-23)19(25)24-13-7-4-9-17(24)10-8-14-26-2/h15,17H,3-14H2,1-2H3. The van der Waals surface area contributed by atoms with Crippen LogP contribution in [0.3, 0.4) is 0 Å². The molecule has 6 heteroatoms. The number of ether oxygens (including phenoxy) is 1. The second kappa shape index (κ2) is 9.31. The van der Waals surface area contributed by atoms with Crippen LogP contribution in [0.4, 0.5) is 5.95 Å². The van der Waals surface area contributed by atoms with Crippen LogP contribution in [0.25, 0.3) is 0 Å². The first-order valence-electron chi connectivity index (χ1n) is 10.1. The second-order valence-corrected chi connectivity index (χ2v) is 7.50. The van der Waals surface area contributed by atoms with Crippen molar-refractivity contribution in [3.8, 4) is 0 Å². The van der Waals surface area contributed by atoms with E-state index in [1.54, 1.807) is 13.3 Å². The molecule has 0 saturated carbocycles. The van der Waals surface area contributed by atoms with Crippen molar-refractivity contribution in [2.24, 2.45) is 0 Å². The maximum atomic E-state index is 13.2. The first kappa shape index (κ1) is 19.1. The molecule has 2 fully saturated rings. The highest BCUT2D eigenvalue weighted by molar-refractivity contribution is 5.95. The number of amides is 1. The molecule has 1 unspecified atom stereocenters. The third kappa shape index (κ3) is 4.53. The molecular formula is C20H32N4O2. The Morgan fingerprint density at radius 1 is 1.19 bits per heavy atom. The molecule has 26 heavy (non-hydrogen) atoms. The largest absolute Gasteiger partial charge is 0.385 e. The van der Waals surface area contributed by atoms with Gasteiger partial charge in [0.15, 0.2) is 0 Å². The number of nitrogens with zero attached hydrogens (tertiary/aromatic N) is 4. The SMILES string of the molecule is COCCCC1CCCCN1C(=O)c1cnc(N2CCCCC2)nc1C. The maximum absolute atomic E-state index is 13.2. The van der Waals surface area contributed by atoms with Crippen LogP contribution in [0.2, 0.25) is 0 Å². The molecule has 1 amide bonds. The summed E-state index contributed by atoms with van der Waals surface area (Å²) in [4.78, 5) is 26.6. The molecule has 0 aliphatic carbocycles. The Balaban J connectivity index is 1.71. The van der Waals surface area contributed by atoms with E-state index in [4.69, 9.17) is 4.74 Å². The predicted octanol–water partition coefficient (Wildman–Crippen LogP) is 3.20. The fraction of sp³-hybridized carbons (Fsp3) is 0.750. The van der Waals surface area contributed by atoms with Crippen LogP contribution in [0.1, 0.15) is 67.4 Å². The minimum Gasteiger partial charge on any atom is -0.385 e. The number of anilines is 1. The number of hydrogen-bond donors (Lipinski definition) is 0. The van der Waals surface area contributed by atoms with E-state index in [0.717, 1.165) is 63.6 Å². The van der Waals surface area contributed by atoms with Crippen molar-refractivity contribution in [2.45, 2.75) is 64.3 Å². The topological polar surface area (TPSA) is 58.6 Å². The first-order chi connectivity index (χ1) is 12.7. The van der Waals surface area contributed by atoms with Crippen LogP contribution < -0.4 is 4.90 Å². The smallest absolute Gasteiger partial charge is 0.257 e. The lowest BCUT2D eigenvalue weighted by Gasteiger charge is -2.36. The number of hydrogen-bond acceptors (Lipinski definition) is 5. The van der Waals surface area contributed by atoms with Gasteiger partial charge in [-0.15, -0.1) is 0 Å². The molecule has 0 radical (unpaired) electrons. The minimum absolute atomic E-state index is 0.0924. The van der Waals surface area contributed by atoms with Crippen molar-refractivity contribution in [1.29, 1.82) is 0 Å². The molecule has 3 rings (SSSR count). The van der Waals surface area contributed by atoms with Crippen molar-refractivity contribution in [3.63, 3.8) is 0 Å². The summed E-state index contributed by atoms with van der Waals surface area (Å²) < 4.78 is 5.18. The summed E-state index contributed by atoms with van der Waals surface area (Å²) in [6.45, 7) is 5.56. The number of likely N-dealkylation sites (tertiary alicyclic amines) is 1. The Morgan fingerprint density at radius 2 is 1.96 bits per heavy atom. The Labute approximate surface area is 156 Å². The van der Waals surface area contributed by atoms with E-state index in [0.29, 0.717) is 11.6 Å². The number of aryl methyl sites for hydroxylation is 1. The van der Waals surface area contributed by atoms with E-state index >= 15 is 0 Å². The molecule has 0 N–H and O–H groups in total. The molecule has 1 aromatic heterocycles. The molecule has 0 spiro atoms. The quantitative estimate of drug-likeness (QED) is 0.729. The highest BCUT2D eigenvalue weighted by Gasteiger charge is 2.28. The van der Waals surface area contributed by atoms with Crippen LogP contribution in [0.5, 0.6) is 0 Å².